The highest BCUT2D eigenvalue weighted by Crippen LogP contribution is 2.34. The zero-order valence-electron chi connectivity index (χ0n) is 8.29. The number of hydrogen-bond acceptors (Lipinski definition) is 2. The fourth-order valence-corrected chi connectivity index (χ4v) is 2.09. The summed E-state index contributed by atoms with van der Waals surface area (Å²) < 4.78 is 0. The van der Waals surface area contributed by atoms with Gasteiger partial charge in [-0.25, -0.2) is 0 Å². The van der Waals surface area contributed by atoms with Gasteiger partial charge in [0.1, 0.15) is 11.5 Å². The molecule has 1 aliphatic rings. The Hall–Kier alpha value is -1.18. The predicted octanol–water partition coefficient (Wildman–Crippen LogP) is 2.76. The molecule has 1 aromatic rings. The third-order valence-corrected chi connectivity index (χ3v) is 2.96. The molecule has 2 heteroatoms. The summed E-state index contributed by atoms with van der Waals surface area (Å²) in [6, 6.07) is 3.54. The van der Waals surface area contributed by atoms with E-state index in [-0.39, 0.29) is 5.75 Å². The van der Waals surface area contributed by atoms with E-state index < -0.39 is 0 Å². The normalized spacial score (nSPS) is 16.9. The van der Waals surface area contributed by atoms with E-state index >= 15 is 0 Å². The van der Waals surface area contributed by atoms with Crippen molar-refractivity contribution in [3.63, 3.8) is 0 Å². The van der Waals surface area contributed by atoms with E-state index in [1.165, 1.54) is 12.8 Å². The molecule has 2 rings (SSSR count). The van der Waals surface area contributed by atoms with Crippen LogP contribution in [0.15, 0.2) is 12.1 Å². The Morgan fingerprint density at radius 2 is 1.57 bits per heavy atom. The molecular weight excluding hydrogens is 176 g/mol. The van der Waals surface area contributed by atoms with Crippen LogP contribution in [0.4, 0.5) is 0 Å². The highest BCUT2D eigenvalue weighted by Gasteiger charge is 2.13. The van der Waals surface area contributed by atoms with Crippen molar-refractivity contribution < 1.29 is 10.2 Å². The number of phenols is 2. The van der Waals surface area contributed by atoms with E-state index in [1.54, 1.807) is 6.07 Å². The topological polar surface area (TPSA) is 40.5 Å². The predicted molar refractivity (Wildman–Crippen MR) is 55.6 cm³/mol. The molecule has 2 nitrogen and oxygen atoms in total. The summed E-state index contributed by atoms with van der Waals surface area (Å²) in [6.45, 7) is 0. The first kappa shape index (κ1) is 9.38. The highest BCUT2D eigenvalue weighted by atomic mass is 16.3. The maximum absolute atomic E-state index is 9.90. The molecule has 0 heterocycles. The Bertz CT molecular complexity index is 331. The van der Waals surface area contributed by atoms with Crippen LogP contribution in [0.25, 0.3) is 0 Å². The second-order valence-electron chi connectivity index (χ2n) is 3.99. The van der Waals surface area contributed by atoms with Crippen LogP contribution >= 0.6 is 0 Å². The van der Waals surface area contributed by atoms with Crippen LogP contribution in [0.5, 0.6) is 11.5 Å². The second kappa shape index (κ2) is 3.91. The lowest BCUT2D eigenvalue weighted by Gasteiger charge is -2.09. The molecule has 0 atom stereocenters. The number of rotatable bonds is 0. The minimum atomic E-state index is 0.244. The Morgan fingerprint density at radius 3 is 2.36 bits per heavy atom. The van der Waals surface area contributed by atoms with Gasteiger partial charge < -0.3 is 10.2 Å². The van der Waals surface area contributed by atoms with Gasteiger partial charge in [0.25, 0.3) is 0 Å². The SMILES string of the molecule is Oc1ccc2c(O)c1CCCCCC2. The van der Waals surface area contributed by atoms with Crippen LogP contribution in [-0.4, -0.2) is 10.2 Å². The first-order chi connectivity index (χ1) is 6.79. The molecule has 0 radical (unpaired) electrons. The van der Waals surface area contributed by atoms with Gasteiger partial charge in [-0.1, -0.05) is 18.9 Å². The van der Waals surface area contributed by atoms with Gasteiger partial charge in [-0.3, -0.25) is 0 Å². The van der Waals surface area contributed by atoms with Gasteiger partial charge in [0.05, 0.1) is 0 Å². The third kappa shape index (κ3) is 1.69. The summed E-state index contributed by atoms with van der Waals surface area (Å²) in [7, 11) is 0. The maximum atomic E-state index is 9.90. The Labute approximate surface area is 84.2 Å². The van der Waals surface area contributed by atoms with E-state index in [4.69, 9.17) is 0 Å². The van der Waals surface area contributed by atoms with Crippen molar-refractivity contribution >= 4 is 0 Å². The van der Waals surface area contributed by atoms with Gasteiger partial charge in [0.2, 0.25) is 0 Å². The average molecular weight is 192 g/mol. The maximum Gasteiger partial charge on any atom is 0.125 e. The molecule has 0 unspecified atom stereocenters. The number of phenolic OH excluding ortho intramolecular Hbond substituents is 2. The highest BCUT2D eigenvalue weighted by molar-refractivity contribution is 5.48. The fraction of sp³-hybridized carbons (Fsp3) is 0.500. The standard InChI is InChI=1S/C12H16O2/c13-11-8-7-9-5-3-1-2-4-6-10(11)12(9)14/h7-8,13-14H,1-6H2. The summed E-state index contributed by atoms with van der Waals surface area (Å²) >= 11 is 0. The van der Waals surface area contributed by atoms with Crippen LogP contribution in [0.1, 0.15) is 36.8 Å². The fourth-order valence-electron chi connectivity index (χ4n) is 2.09. The monoisotopic (exact) mass is 192 g/mol. The summed E-state index contributed by atoms with van der Waals surface area (Å²) in [6.07, 6.45) is 6.34. The minimum absolute atomic E-state index is 0.244. The molecule has 0 fully saturated rings. The summed E-state index contributed by atoms with van der Waals surface area (Å²) in [5, 5.41) is 19.5. The Morgan fingerprint density at radius 1 is 0.857 bits per heavy atom. The first-order valence-electron chi connectivity index (χ1n) is 5.32. The summed E-state index contributed by atoms with van der Waals surface area (Å²) in [4.78, 5) is 0. The van der Waals surface area contributed by atoms with Crippen molar-refractivity contribution in [2.75, 3.05) is 0 Å². The number of hydrogen-bond donors (Lipinski definition) is 2. The van der Waals surface area contributed by atoms with E-state index in [9.17, 15) is 10.2 Å². The molecule has 1 aromatic carbocycles. The van der Waals surface area contributed by atoms with Crippen LogP contribution in [0.2, 0.25) is 0 Å². The van der Waals surface area contributed by atoms with Crippen molar-refractivity contribution in [1.29, 1.82) is 0 Å². The molecule has 0 amide bonds. The lowest BCUT2D eigenvalue weighted by molar-refractivity contribution is 0.433. The minimum Gasteiger partial charge on any atom is -0.508 e. The first-order valence-corrected chi connectivity index (χ1v) is 5.32. The van der Waals surface area contributed by atoms with Gasteiger partial charge in [0.15, 0.2) is 0 Å². The lowest BCUT2D eigenvalue weighted by Crippen LogP contribution is -1.90. The van der Waals surface area contributed by atoms with Gasteiger partial charge in [-0.2, -0.15) is 0 Å². The lowest BCUT2D eigenvalue weighted by atomic mass is 10.0. The van der Waals surface area contributed by atoms with E-state index in [2.05, 4.69) is 0 Å². The number of aryl methyl sites for hydroxylation is 1. The molecule has 0 aromatic heterocycles. The van der Waals surface area contributed by atoms with Gasteiger partial charge in [-0.05, 0) is 37.3 Å². The zero-order chi connectivity index (χ0) is 9.97. The van der Waals surface area contributed by atoms with Crippen LogP contribution < -0.4 is 0 Å². The van der Waals surface area contributed by atoms with Crippen molar-refractivity contribution in [2.45, 2.75) is 38.5 Å². The van der Waals surface area contributed by atoms with Crippen molar-refractivity contribution in [1.82, 2.24) is 0 Å². The summed E-state index contributed by atoms with van der Waals surface area (Å²) in [5.74, 6) is 0.569. The smallest absolute Gasteiger partial charge is 0.125 e. The average Bonchev–Trinajstić information content (AvgIpc) is 2.22. The molecule has 0 spiro atoms. The quantitative estimate of drug-likeness (QED) is 0.663. The van der Waals surface area contributed by atoms with Crippen molar-refractivity contribution in [3.05, 3.63) is 23.3 Å². The molecule has 1 aliphatic carbocycles. The number of aromatic hydroxyl groups is 2. The molecule has 0 saturated carbocycles. The number of fused-ring (bicyclic) bond motifs is 2. The van der Waals surface area contributed by atoms with Gasteiger partial charge in [0, 0.05) is 5.56 Å². The Balaban J connectivity index is 2.41. The molecule has 2 N–H and O–H groups in total. The molecule has 0 saturated heterocycles. The third-order valence-electron chi connectivity index (χ3n) is 2.96. The molecule has 2 bridgehead atoms. The second-order valence-corrected chi connectivity index (χ2v) is 3.99. The van der Waals surface area contributed by atoms with Crippen LogP contribution in [-0.2, 0) is 12.8 Å². The van der Waals surface area contributed by atoms with Crippen molar-refractivity contribution in [3.8, 4) is 11.5 Å². The molecular formula is C12H16O2. The van der Waals surface area contributed by atoms with Crippen LogP contribution in [0.3, 0.4) is 0 Å². The molecule has 0 aliphatic heterocycles. The van der Waals surface area contributed by atoms with Gasteiger partial charge in [-0.15, -0.1) is 0 Å². The zero-order valence-corrected chi connectivity index (χ0v) is 8.29. The molecule has 76 valence electrons. The van der Waals surface area contributed by atoms with E-state index in [0.717, 1.165) is 36.8 Å². The summed E-state index contributed by atoms with van der Waals surface area (Å²) in [5.41, 5.74) is 1.73. The van der Waals surface area contributed by atoms with Crippen molar-refractivity contribution in [2.24, 2.45) is 0 Å². The number of benzene rings is 1. The largest absolute Gasteiger partial charge is 0.508 e. The van der Waals surface area contributed by atoms with Crippen LogP contribution in [0, 0.1) is 0 Å². The van der Waals surface area contributed by atoms with E-state index in [1.807, 2.05) is 6.07 Å². The molecule has 14 heavy (non-hydrogen) atoms. The van der Waals surface area contributed by atoms with Gasteiger partial charge >= 0.3 is 0 Å². The Kier molecular flexibility index (Phi) is 2.62. The van der Waals surface area contributed by atoms with E-state index in [0.29, 0.717) is 5.75 Å².